The number of hydrogen-bond donors (Lipinski definition) is 2. The van der Waals surface area contributed by atoms with Crippen LogP contribution in [0.25, 0.3) is 0 Å². The fraction of sp³-hybridized carbons (Fsp3) is 0.286. The predicted octanol–water partition coefficient (Wildman–Crippen LogP) is 6.54. The summed E-state index contributed by atoms with van der Waals surface area (Å²) in [6.07, 6.45) is -1.33. The Kier molecular flexibility index (Phi) is 9.30. The number of azo groups is 1. The van der Waals surface area contributed by atoms with Gasteiger partial charge in [-0.2, -0.15) is 10.2 Å². The van der Waals surface area contributed by atoms with Gasteiger partial charge in [-0.1, -0.05) is 48.5 Å². The number of benzene rings is 3. The minimum atomic E-state index is -0.985. The highest BCUT2D eigenvalue weighted by Gasteiger charge is 2.30. The highest BCUT2D eigenvalue weighted by Crippen LogP contribution is 2.20. The van der Waals surface area contributed by atoms with E-state index in [1.54, 1.807) is 52.0 Å². The number of alkyl carbamates (subject to hydrolysis) is 1. The molecule has 2 atom stereocenters. The van der Waals surface area contributed by atoms with Crippen LogP contribution in [0.1, 0.15) is 33.3 Å². The van der Waals surface area contributed by atoms with Gasteiger partial charge in [-0.3, -0.25) is 4.79 Å². The summed E-state index contributed by atoms with van der Waals surface area (Å²) in [5.41, 5.74) is 2.19. The fourth-order valence-electron chi connectivity index (χ4n) is 3.17. The van der Waals surface area contributed by atoms with Gasteiger partial charge in [0.15, 0.2) is 0 Å². The molecule has 0 unspecified atom stereocenters. The van der Waals surface area contributed by atoms with Crippen molar-refractivity contribution in [1.82, 2.24) is 5.32 Å². The Morgan fingerprint density at radius 2 is 1.39 bits per heavy atom. The van der Waals surface area contributed by atoms with E-state index in [1.165, 1.54) is 0 Å². The van der Waals surface area contributed by atoms with Gasteiger partial charge in [-0.05, 0) is 69.7 Å². The Bertz CT molecular complexity index is 1140. The van der Waals surface area contributed by atoms with Crippen molar-refractivity contribution in [3.05, 3.63) is 90.5 Å². The molecule has 0 aliphatic rings. The van der Waals surface area contributed by atoms with Gasteiger partial charge < -0.3 is 20.1 Å². The van der Waals surface area contributed by atoms with Crippen LogP contribution in [-0.4, -0.2) is 29.7 Å². The van der Waals surface area contributed by atoms with E-state index in [0.29, 0.717) is 18.0 Å². The molecule has 3 rings (SSSR count). The minimum Gasteiger partial charge on any atom is -0.444 e. The highest BCUT2D eigenvalue weighted by atomic mass is 16.6. The van der Waals surface area contributed by atoms with Gasteiger partial charge in [0.25, 0.3) is 0 Å². The minimum absolute atomic E-state index is 0.295. The maximum atomic E-state index is 13.2. The molecule has 8 heteroatoms. The summed E-state index contributed by atoms with van der Waals surface area (Å²) < 4.78 is 11.3. The van der Waals surface area contributed by atoms with Crippen molar-refractivity contribution in [2.24, 2.45) is 10.2 Å². The molecular weight excluding hydrogens is 456 g/mol. The van der Waals surface area contributed by atoms with E-state index in [1.807, 2.05) is 60.7 Å². The SMILES string of the molecule is C[C@H](OCc1ccccc1)[C@H](NC(=O)OC(C)(C)C)C(=O)Nc1ccc(N=Nc2ccccc2)cc1. The third-order valence-corrected chi connectivity index (χ3v) is 4.95. The second-order valence-corrected chi connectivity index (χ2v) is 9.20. The van der Waals surface area contributed by atoms with Crippen molar-refractivity contribution in [2.45, 2.75) is 52.0 Å². The topological polar surface area (TPSA) is 101 Å². The van der Waals surface area contributed by atoms with E-state index < -0.39 is 29.7 Å². The van der Waals surface area contributed by atoms with Crippen molar-refractivity contribution in [3.63, 3.8) is 0 Å². The number of nitrogens with zero attached hydrogens (tertiary/aromatic N) is 2. The zero-order valence-electron chi connectivity index (χ0n) is 21.0. The lowest BCUT2D eigenvalue weighted by molar-refractivity contribution is -0.122. The molecule has 188 valence electrons. The number of anilines is 1. The molecule has 0 saturated heterocycles. The molecule has 0 aliphatic carbocycles. The van der Waals surface area contributed by atoms with Gasteiger partial charge in [-0.15, -0.1) is 0 Å². The third-order valence-electron chi connectivity index (χ3n) is 4.95. The van der Waals surface area contributed by atoms with Gasteiger partial charge >= 0.3 is 6.09 Å². The van der Waals surface area contributed by atoms with Crippen LogP contribution in [0.2, 0.25) is 0 Å². The average Bonchev–Trinajstić information content (AvgIpc) is 2.85. The Balaban J connectivity index is 1.66. The van der Waals surface area contributed by atoms with Crippen LogP contribution in [0.15, 0.2) is 95.2 Å². The van der Waals surface area contributed by atoms with E-state index in [4.69, 9.17) is 9.47 Å². The summed E-state index contributed by atoms with van der Waals surface area (Å²) in [5.74, 6) is -0.430. The predicted molar refractivity (Wildman–Crippen MR) is 140 cm³/mol. The normalized spacial score (nSPS) is 13.1. The van der Waals surface area contributed by atoms with Crippen molar-refractivity contribution in [3.8, 4) is 0 Å². The average molecular weight is 489 g/mol. The van der Waals surface area contributed by atoms with Gasteiger partial charge in [0.2, 0.25) is 5.91 Å². The van der Waals surface area contributed by atoms with E-state index in [2.05, 4.69) is 20.9 Å². The largest absolute Gasteiger partial charge is 0.444 e. The molecular formula is C28H32N4O4. The fourth-order valence-corrected chi connectivity index (χ4v) is 3.17. The molecule has 3 aromatic carbocycles. The number of rotatable bonds is 9. The van der Waals surface area contributed by atoms with Crippen LogP contribution in [0.5, 0.6) is 0 Å². The van der Waals surface area contributed by atoms with E-state index in [-0.39, 0.29) is 0 Å². The monoisotopic (exact) mass is 488 g/mol. The second-order valence-electron chi connectivity index (χ2n) is 9.20. The summed E-state index contributed by atoms with van der Waals surface area (Å²) in [7, 11) is 0. The van der Waals surface area contributed by atoms with Crippen LogP contribution < -0.4 is 10.6 Å². The lowest BCUT2D eigenvalue weighted by Gasteiger charge is -2.27. The highest BCUT2D eigenvalue weighted by molar-refractivity contribution is 5.97. The Morgan fingerprint density at radius 1 is 0.833 bits per heavy atom. The zero-order valence-corrected chi connectivity index (χ0v) is 21.0. The Morgan fingerprint density at radius 3 is 1.97 bits per heavy atom. The van der Waals surface area contributed by atoms with Gasteiger partial charge in [0, 0.05) is 5.69 Å². The zero-order chi connectivity index (χ0) is 26.0. The summed E-state index contributed by atoms with van der Waals surface area (Å²) in [6.45, 7) is 7.30. The summed E-state index contributed by atoms with van der Waals surface area (Å²) in [5, 5.41) is 13.9. The van der Waals surface area contributed by atoms with Crippen LogP contribution in [0.4, 0.5) is 21.9 Å². The smallest absolute Gasteiger partial charge is 0.408 e. The first kappa shape index (κ1) is 26.6. The number of nitrogens with one attached hydrogen (secondary N) is 2. The quantitative estimate of drug-likeness (QED) is 0.334. The first-order valence-corrected chi connectivity index (χ1v) is 11.7. The first-order valence-electron chi connectivity index (χ1n) is 11.7. The van der Waals surface area contributed by atoms with Crippen LogP contribution in [0.3, 0.4) is 0 Å². The molecule has 0 bridgehead atoms. The molecule has 0 aliphatic heterocycles. The molecule has 0 fully saturated rings. The maximum absolute atomic E-state index is 13.2. The van der Waals surface area contributed by atoms with Crippen molar-refractivity contribution >= 4 is 29.1 Å². The Hall–Kier alpha value is -4.04. The maximum Gasteiger partial charge on any atom is 0.408 e. The molecule has 3 aromatic rings. The van der Waals surface area contributed by atoms with Crippen LogP contribution >= 0.6 is 0 Å². The molecule has 0 heterocycles. The number of ether oxygens (including phenoxy) is 2. The van der Waals surface area contributed by atoms with Gasteiger partial charge in [-0.25, -0.2) is 4.79 Å². The van der Waals surface area contributed by atoms with E-state index >= 15 is 0 Å². The van der Waals surface area contributed by atoms with E-state index in [0.717, 1.165) is 11.3 Å². The number of amides is 2. The third kappa shape index (κ3) is 8.96. The summed E-state index contributed by atoms with van der Waals surface area (Å²) in [6, 6.07) is 24.9. The van der Waals surface area contributed by atoms with Crippen LogP contribution in [-0.2, 0) is 20.9 Å². The molecule has 0 aromatic heterocycles. The van der Waals surface area contributed by atoms with Crippen LogP contribution in [0, 0.1) is 0 Å². The summed E-state index contributed by atoms with van der Waals surface area (Å²) >= 11 is 0. The Labute approximate surface area is 211 Å². The lowest BCUT2D eigenvalue weighted by atomic mass is 10.1. The van der Waals surface area contributed by atoms with Crippen molar-refractivity contribution < 1.29 is 19.1 Å². The molecule has 36 heavy (non-hydrogen) atoms. The van der Waals surface area contributed by atoms with Gasteiger partial charge in [0.1, 0.15) is 11.6 Å². The summed E-state index contributed by atoms with van der Waals surface area (Å²) in [4.78, 5) is 25.6. The second kappa shape index (κ2) is 12.6. The molecule has 0 spiro atoms. The van der Waals surface area contributed by atoms with Gasteiger partial charge in [0.05, 0.1) is 24.1 Å². The number of hydrogen-bond acceptors (Lipinski definition) is 6. The number of carbonyl (C=O) groups is 2. The molecule has 0 saturated carbocycles. The molecule has 2 amide bonds. The molecule has 2 N–H and O–H groups in total. The number of carbonyl (C=O) groups excluding carboxylic acids is 2. The standard InChI is InChI=1S/C28H32N4O4/c1-20(35-19-21-11-7-5-8-12-21)25(30-27(34)36-28(2,3)4)26(33)29-22-15-17-24(18-16-22)32-31-23-13-9-6-10-14-23/h5-18,20,25H,19H2,1-4H3,(H,29,33)(H,30,34)/t20-,25-/m0/s1. The van der Waals surface area contributed by atoms with Crippen molar-refractivity contribution in [1.29, 1.82) is 0 Å². The van der Waals surface area contributed by atoms with E-state index in [9.17, 15) is 9.59 Å². The lowest BCUT2D eigenvalue weighted by Crippen LogP contribution is -2.52. The first-order chi connectivity index (χ1) is 17.2. The molecule has 0 radical (unpaired) electrons. The molecule has 8 nitrogen and oxygen atoms in total. The van der Waals surface area contributed by atoms with Crippen molar-refractivity contribution in [2.75, 3.05) is 5.32 Å².